The molecule has 1 aromatic rings. The Kier molecular flexibility index (Phi) is 4.61. The number of halogens is 1. The van der Waals surface area contributed by atoms with E-state index in [0.717, 1.165) is 25.2 Å². The molecule has 98 valence electrons. The van der Waals surface area contributed by atoms with Crippen LogP contribution in [0.5, 0.6) is 0 Å². The molecule has 1 amide bonds. The predicted octanol–water partition coefficient (Wildman–Crippen LogP) is 2.47. The van der Waals surface area contributed by atoms with Crippen molar-refractivity contribution in [3.8, 4) is 0 Å². The summed E-state index contributed by atoms with van der Waals surface area (Å²) in [5, 5.41) is 3.44. The summed E-state index contributed by atoms with van der Waals surface area (Å²) in [6, 6.07) is 5.50. The number of nitrogens with zero attached hydrogens (tertiary/aromatic N) is 1. The highest BCUT2D eigenvalue weighted by Gasteiger charge is 2.13. The Morgan fingerprint density at radius 2 is 2.11 bits per heavy atom. The van der Waals surface area contributed by atoms with Crippen molar-refractivity contribution in [1.82, 2.24) is 10.2 Å². The second-order valence-electron chi connectivity index (χ2n) is 4.79. The SMILES string of the molecule is Cc1ccc(C(=O)NCCN2CCCC2)c(Cl)c1. The Labute approximate surface area is 113 Å². The van der Waals surface area contributed by atoms with Crippen LogP contribution in [0.4, 0.5) is 0 Å². The molecule has 0 atom stereocenters. The fraction of sp³-hybridized carbons (Fsp3) is 0.500. The van der Waals surface area contributed by atoms with Crippen molar-refractivity contribution in [2.45, 2.75) is 19.8 Å². The van der Waals surface area contributed by atoms with Crippen LogP contribution in [-0.2, 0) is 0 Å². The smallest absolute Gasteiger partial charge is 0.252 e. The third kappa shape index (κ3) is 3.47. The first-order chi connectivity index (χ1) is 8.66. The summed E-state index contributed by atoms with van der Waals surface area (Å²) >= 11 is 6.06. The summed E-state index contributed by atoms with van der Waals surface area (Å²) in [5.41, 5.74) is 1.62. The number of hydrogen-bond donors (Lipinski definition) is 1. The molecule has 0 unspecified atom stereocenters. The van der Waals surface area contributed by atoms with Crippen LogP contribution in [0.1, 0.15) is 28.8 Å². The van der Waals surface area contributed by atoms with Crippen molar-refractivity contribution in [2.24, 2.45) is 0 Å². The van der Waals surface area contributed by atoms with E-state index in [1.807, 2.05) is 19.1 Å². The van der Waals surface area contributed by atoms with E-state index in [4.69, 9.17) is 11.6 Å². The van der Waals surface area contributed by atoms with Gasteiger partial charge in [0.25, 0.3) is 5.91 Å². The summed E-state index contributed by atoms with van der Waals surface area (Å²) < 4.78 is 0. The van der Waals surface area contributed by atoms with Gasteiger partial charge in [-0.05, 0) is 50.6 Å². The average molecular weight is 267 g/mol. The number of aryl methyl sites for hydroxylation is 1. The van der Waals surface area contributed by atoms with Crippen LogP contribution in [-0.4, -0.2) is 37.0 Å². The van der Waals surface area contributed by atoms with E-state index in [1.165, 1.54) is 12.8 Å². The molecule has 1 heterocycles. The molecule has 1 saturated heterocycles. The number of rotatable bonds is 4. The van der Waals surface area contributed by atoms with Crippen molar-refractivity contribution in [3.05, 3.63) is 34.3 Å². The number of carbonyl (C=O) groups excluding carboxylic acids is 1. The molecule has 0 aromatic heterocycles. The lowest BCUT2D eigenvalue weighted by Crippen LogP contribution is -2.33. The molecule has 1 fully saturated rings. The van der Waals surface area contributed by atoms with Crippen LogP contribution in [0.15, 0.2) is 18.2 Å². The topological polar surface area (TPSA) is 32.3 Å². The van der Waals surface area contributed by atoms with Gasteiger partial charge in [0.1, 0.15) is 0 Å². The Morgan fingerprint density at radius 3 is 2.78 bits per heavy atom. The van der Waals surface area contributed by atoms with Gasteiger partial charge >= 0.3 is 0 Å². The Morgan fingerprint density at radius 1 is 1.39 bits per heavy atom. The first kappa shape index (κ1) is 13.4. The van der Waals surface area contributed by atoms with Gasteiger partial charge in [-0.15, -0.1) is 0 Å². The molecule has 1 aliphatic heterocycles. The minimum atomic E-state index is -0.0841. The third-order valence-electron chi connectivity index (χ3n) is 3.28. The van der Waals surface area contributed by atoms with E-state index in [2.05, 4.69) is 10.2 Å². The maximum atomic E-state index is 11.9. The second kappa shape index (κ2) is 6.21. The molecule has 0 spiro atoms. The third-order valence-corrected chi connectivity index (χ3v) is 3.59. The normalized spacial score (nSPS) is 15.9. The highest BCUT2D eigenvalue weighted by atomic mass is 35.5. The molecule has 0 saturated carbocycles. The van der Waals surface area contributed by atoms with Gasteiger partial charge in [-0.3, -0.25) is 4.79 Å². The van der Waals surface area contributed by atoms with Crippen LogP contribution >= 0.6 is 11.6 Å². The van der Waals surface area contributed by atoms with Gasteiger partial charge < -0.3 is 10.2 Å². The summed E-state index contributed by atoms with van der Waals surface area (Å²) in [4.78, 5) is 14.3. The molecule has 0 radical (unpaired) electrons. The minimum Gasteiger partial charge on any atom is -0.351 e. The molecule has 1 aromatic carbocycles. The highest BCUT2D eigenvalue weighted by molar-refractivity contribution is 6.33. The van der Waals surface area contributed by atoms with Crippen molar-refractivity contribution in [1.29, 1.82) is 0 Å². The molecular formula is C14H19ClN2O. The van der Waals surface area contributed by atoms with E-state index >= 15 is 0 Å². The summed E-state index contributed by atoms with van der Waals surface area (Å²) in [6.45, 7) is 5.88. The Bertz CT molecular complexity index is 428. The quantitative estimate of drug-likeness (QED) is 0.908. The van der Waals surface area contributed by atoms with Crippen molar-refractivity contribution in [2.75, 3.05) is 26.2 Å². The zero-order valence-electron chi connectivity index (χ0n) is 10.7. The van der Waals surface area contributed by atoms with Crippen molar-refractivity contribution < 1.29 is 4.79 Å². The van der Waals surface area contributed by atoms with Crippen molar-refractivity contribution >= 4 is 17.5 Å². The average Bonchev–Trinajstić information content (AvgIpc) is 2.81. The van der Waals surface area contributed by atoms with Crippen LogP contribution in [0.3, 0.4) is 0 Å². The molecule has 18 heavy (non-hydrogen) atoms. The van der Waals surface area contributed by atoms with Crippen LogP contribution < -0.4 is 5.32 Å². The number of benzene rings is 1. The number of likely N-dealkylation sites (tertiary alicyclic amines) is 1. The van der Waals surface area contributed by atoms with Crippen LogP contribution in [0.2, 0.25) is 5.02 Å². The standard InChI is InChI=1S/C14H19ClN2O/c1-11-4-5-12(13(15)10-11)14(18)16-6-9-17-7-2-3-8-17/h4-5,10H,2-3,6-9H2,1H3,(H,16,18). The molecule has 1 N–H and O–H groups in total. The molecule has 3 nitrogen and oxygen atoms in total. The Balaban J connectivity index is 1.83. The number of nitrogens with one attached hydrogen (secondary N) is 1. The van der Waals surface area contributed by atoms with E-state index in [0.29, 0.717) is 17.1 Å². The predicted molar refractivity (Wildman–Crippen MR) is 74.2 cm³/mol. The molecule has 0 aliphatic carbocycles. The monoisotopic (exact) mass is 266 g/mol. The second-order valence-corrected chi connectivity index (χ2v) is 5.20. The van der Waals surface area contributed by atoms with Gasteiger partial charge in [-0.25, -0.2) is 0 Å². The largest absolute Gasteiger partial charge is 0.351 e. The lowest BCUT2D eigenvalue weighted by atomic mass is 10.1. The first-order valence-corrected chi connectivity index (χ1v) is 6.81. The van der Waals surface area contributed by atoms with Gasteiger partial charge in [0.05, 0.1) is 10.6 Å². The number of carbonyl (C=O) groups is 1. The van der Waals surface area contributed by atoms with Gasteiger partial charge in [0, 0.05) is 13.1 Å². The summed E-state index contributed by atoms with van der Waals surface area (Å²) in [5.74, 6) is -0.0841. The molecule has 2 rings (SSSR count). The fourth-order valence-corrected chi connectivity index (χ4v) is 2.55. The van der Waals surface area contributed by atoms with E-state index < -0.39 is 0 Å². The molecule has 1 aliphatic rings. The van der Waals surface area contributed by atoms with E-state index in [1.54, 1.807) is 6.07 Å². The highest BCUT2D eigenvalue weighted by Crippen LogP contribution is 2.17. The first-order valence-electron chi connectivity index (χ1n) is 6.43. The molecule has 4 heteroatoms. The van der Waals surface area contributed by atoms with Gasteiger partial charge in [-0.1, -0.05) is 17.7 Å². The lowest BCUT2D eigenvalue weighted by molar-refractivity contribution is 0.0950. The van der Waals surface area contributed by atoms with E-state index in [9.17, 15) is 4.79 Å². The van der Waals surface area contributed by atoms with Crippen LogP contribution in [0, 0.1) is 6.92 Å². The van der Waals surface area contributed by atoms with Crippen LogP contribution in [0.25, 0.3) is 0 Å². The molecule has 0 bridgehead atoms. The minimum absolute atomic E-state index is 0.0841. The number of amides is 1. The zero-order valence-corrected chi connectivity index (χ0v) is 11.5. The zero-order chi connectivity index (χ0) is 13.0. The maximum Gasteiger partial charge on any atom is 0.252 e. The van der Waals surface area contributed by atoms with Gasteiger partial charge in [0.15, 0.2) is 0 Å². The lowest BCUT2D eigenvalue weighted by Gasteiger charge is -2.15. The summed E-state index contributed by atoms with van der Waals surface area (Å²) in [6.07, 6.45) is 2.55. The molecular weight excluding hydrogens is 248 g/mol. The fourth-order valence-electron chi connectivity index (χ4n) is 2.23. The maximum absolute atomic E-state index is 11.9. The van der Waals surface area contributed by atoms with E-state index in [-0.39, 0.29) is 5.91 Å². The van der Waals surface area contributed by atoms with Crippen molar-refractivity contribution in [3.63, 3.8) is 0 Å². The van der Waals surface area contributed by atoms with Gasteiger partial charge in [-0.2, -0.15) is 0 Å². The number of hydrogen-bond acceptors (Lipinski definition) is 2. The van der Waals surface area contributed by atoms with Gasteiger partial charge in [0.2, 0.25) is 0 Å². The Hall–Kier alpha value is -1.06. The summed E-state index contributed by atoms with van der Waals surface area (Å²) in [7, 11) is 0.